The monoisotopic (exact) mass is 491 g/mol. The molecule has 10 heteroatoms. The van der Waals surface area contributed by atoms with Gasteiger partial charge in [0, 0.05) is 18.7 Å². The molecule has 35 heavy (non-hydrogen) atoms. The van der Waals surface area contributed by atoms with Crippen molar-refractivity contribution in [3.05, 3.63) is 24.3 Å². The number of amides is 5. The third kappa shape index (κ3) is 10.3. The second-order valence-electron chi connectivity index (χ2n) is 9.80. The summed E-state index contributed by atoms with van der Waals surface area (Å²) < 4.78 is 0. The van der Waals surface area contributed by atoms with Crippen molar-refractivity contribution >= 4 is 29.5 Å². The Bertz CT molecular complexity index is 834. The summed E-state index contributed by atoms with van der Waals surface area (Å²) >= 11 is 0. The summed E-state index contributed by atoms with van der Waals surface area (Å²) in [5, 5.41) is 13.6. The fourth-order valence-corrected chi connectivity index (χ4v) is 3.49. The molecule has 0 aliphatic carbocycles. The van der Waals surface area contributed by atoms with Crippen LogP contribution in [-0.4, -0.2) is 60.2 Å². The minimum atomic E-state index is -0.973. The zero-order valence-electron chi connectivity index (χ0n) is 21.8. The average Bonchev–Trinajstić information content (AvgIpc) is 2.75. The molecule has 0 saturated carbocycles. The zero-order valence-corrected chi connectivity index (χ0v) is 21.8. The van der Waals surface area contributed by atoms with E-state index in [4.69, 9.17) is 0 Å². The maximum atomic E-state index is 13.1. The lowest BCUT2D eigenvalue weighted by atomic mass is 10.0. The van der Waals surface area contributed by atoms with Gasteiger partial charge in [-0.15, -0.1) is 0 Å². The van der Waals surface area contributed by atoms with Crippen molar-refractivity contribution in [2.45, 2.75) is 79.1 Å². The number of rotatable bonds is 8. The Morgan fingerprint density at radius 1 is 0.943 bits per heavy atom. The molecule has 196 valence electrons. The molecule has 10 nitrogen and oxygen atoms in total. The summed E-state index contributed by atoms with van der Waals surface area (Å²) in [6.45, 7) is 12.8. The van der Waals surface area contributed by atoms with E-state index in [0.29, 0.717) is 13.0 Å². The predicted molar refractivity (Wildman–Crippen MR) is 134 cm³/mol. The summed E-state index contributed by atoms with van der Waals surface area (Å²) in [5.74, 6) is -1.76. The summed E-state index contributed by atoms with van der Waals surface area (Å²) in [7, 11) is 0. The van der Waals surface area contributed by atoms with E-state index < -0.39 is 42.0 Å². The topological polar surface area (TPSA) is 146 Å². The summed E-state index contributed by atoms with van der Waals surface area (Å²) in [4.78, 5) is 62.4. The molecule has 1 aliphatic rings. The van der Waals surface area contributed by atoms with Crippen LogP contribution in [0, 0.1) is 17.8 Å². The lowest BCUT2D eigenvalue weighted by Crippen LogP contribution is -2.58. The van der Waals surface area contributed by atoms with E-state index in [0.717, 1.165) is 0 Å². The minimum absolute atomic E-state index is 0.00947. The molecule has 5 amide bonds. The number of ketones is 1. The van der Waals surface area contributed by atoms with Gasteiger partial charge in [-0.25, -0.2) is 4.79 Å². The predicted octanol–water partition coefficient (Wildman–Crippen LogP) is 1.18. The molecule has 0 aromatic rings. The molecule has 4 unspecified atom stereocenters. The van der Waals surface area contributed by atoms with Crippen molar-refractivity contribution in [3.63, 3.8) is 0 Å². The first-order valence-corrected chi connectivity index (χ1v) is 12.1. The number of carbonyl (C=O) groups is 5. The Hall–Kier alpha value is -3.17. The van der Waals surface area contributed by atoms with Crippen LogP contribution in [0.25, 0.3) is 0 Å². The highest BCUT2D eigenvalue weighted by Crippen LogP contribution is 2.08. The van der Waals surface area contributed by atoms with Crippen molar-refractivity contribution in [3.8, 4) is 0 Å². The first-order valence-electron chi connectivity index (χ1n) is 12.1. The van der Waals surface area contributed by atoms with E-state index >= 15 is 0 Å². The zero-order chi connectivity index (χ0) is 26.7. The number of hydrogen-bond donors (Lipinski definition) is 5. The fourth-order valence-electron chi connectivity index (χ4n) is 3.49. The third-order valence-corrected chi connectivity index (χ3v) is 5.63. The largest absolute Gasteiger partial charge is 0.352 e. The first-order chi connectivity index (χ1) is 16.3. The summed E-state index contributed by atoms with van der Waals surface area (Å²) in [6, 6.07) is -3.62. The van der Waals surface area contributed by atoms with Gasteiger partial charge >= 0.3 is 6.03 Å². The minimum Gasteiger partial charge on any atom is -0.352 e. The summed E-state index contributed by atoms with van der Waals surface area (Å²) in [6.07, 6.45) is 6.79. The second-order valence-corrected chi connectivity index (χ2v) is 9.80. The van der Waals surface area contributed by atoms with E-state index in [2.05, 4.69) is 26.6 Å². The van der Waals surface area contributed by atoms with Gasteiger partial charge in [-0.05, 0) is 31.1 Å². The lowest BCUT2D eigenvalue weighted by Gasteiger charge is -2.27. The number of hydrogen-bond acceptors (Lipinski definition) is 5. The van der Waals surface area contributed by atoms with Crippen LogP contribution in [0.15, 0.2) is 24.3 Å². The Balaban J connectivity index is 3.01. The molecule has 0 fully saturated rings. The number of urea groups is 1. The Morgan fingerprint density at radius 3 is 2.09 bits per heavy atom. The molecule has 1 rings (SSSR count). The van der Waals surface area contributed by atoms with E-state index in [1.165, 1.54) is 13.0 Å². The van der Waals surface area contributed by atoms with Crippen LogP contribution in [0.3, 0.4) is 0 Å². The molecule has 0 radical (unpaired) electrons. The Morgan fingerprint density at radius 2 is 1.54 bits per heavy atom. The smallest absolute Gasteiger partial charge is 0.316 e. The van der Waals surface area contributed by atoms with Gasteiger partial charge in [0.15, 0.2) is 5.78 Å². The molecule has 1 heterocycles. The highest BCUT2D eigenvalue weighted by molar-refractivity contribution is 5.94. The summed E-state index contributed by atoms with van der Waals surface area (Å²) in [5.41, 5.74) is 0. The SMILES string of the molecule is CC(=O)C(NC(=O)NC(C(=O)NC1C=CCCNC(=O)C=CC(C(C)C)NC1=O)C(C)C)C(C)C. The molecule has 0 aromatic heterocycles. The second kappa shape index (κ2) is 14.3. The molecule has 0 bridgehead atoms. The standard InChI is InChI=1S/C25H41N5O5/c1-14(2)18-11-12-20(32)26-13-9-8-10-19(23(33)27-18)28-24(34)22(16(5)6)30-25(35)29-21(15(3)4)17(7)31/h8,10-12,14-16,18-19,21-22H,9,13H2,1-7H3,(H,26,32)(H,27,33)(H,28,34)(H2,29,30,35). The van der Waals surface area contributed by atoms with Crippen molar-refractivity contribution in [2.24, 2.45) is 17.8 Å². The molecule has 0 saturated heterocycles. The van der Waals surface area contributed by atoms with Crippen LogP contribution in [-0.2, 0) is 19.2 Å². The molecular formula is C25H41N5O5. The van der Waals surface area contributed by atoms with Gasteiger partial charge in [0.2, 0.25) is 17.7 Å². The van der Waals surface area contributed by atoms with Crippen molar-refractivity contribution < 1.29 is 24.0 Å². The number of nitrogens with one attached hydrogen (secondary N) is 5. The van der Waals surface area contributed by atoms with Gasteiger partial charge in [0.05, 0.1) is 6.04 Å². The van der Waals surface area contributed by atoms with Gasteiger partial charge < -0.3 is 26.6 Å². The molecule has 1 aliphatic heterocycles. The fraction of sp³-hybridized carbons (Fsp3) is 0.640. The molecule has 0 aromatic carbocycles. The highest BCUT2D eigenvalue weighted by Gasteiger charge is 2.30. The van der Waals surface area contributed by atoms with Crippen LogP contribution in [0.4, 0.5) is 4.79 Å². The van der Waals surface area contributed by atoms with Crippen LogP contribution < -0.4 is 26.6 Å². The van der Waals surface area contributed by atoms with E-state index in [-0.39, 0.29) is 29.4 Å². The van der Waals surface area contributed by atoms with Crippen LogP contribution in [0.2, 0.25) is 0 Å². The normalized spacial score (nSPS) is 20.9. The lowest BCUT2D eigenvalue weighted by molar-refractivity contribution is -0.129. The Kier molecular flexibility index (Phi) is 12.2. The van der Waals surface area contributed by atoms with E-state index in [9.17, 15) is 24.0 Å². The average molecular weight is 492 g/mol. The van der Waals surface area contributed by atoms with Gasteiger partial charge in [-0.3, -0.25) is 19.2 Å². The quantitative estimate of drug-likeness (QED) is 0.324. The van der Waals surface area contributed by atoms with E-state index in [1.807, 2.05) is 27.7 Å². The van der Waals surface area contributed by atoms with E-state index in [1.54, 1.807) is 32.1 Å². The van der Waals surface area contributed by atoms with Crippen LogP contribution in [0.1, 0.15) is 54.9 Å². The number of Topliss-reactive ketones (excluding diaryl/α,β-unsaturated/α-hetero) is 1. The maximum absolute atomic E-state index is 13.1. The van der Waals surface area contributed by atoms with Gasteiger partial charge in [-0.2, -0.15) is 0 Å². The molecule has 0 spiro atoms. The molecule has 5 N–H and O–H groups in total. The van der Waals surface area contributed by atoms with Crippen LogP contribution in [0.5, 0.6) is 0 Å². The van der Waals surface area contributed by atoms with Crippen LogP contribution >= 0.6 is 0 Å². The van der Waals surface area contributed by atoms with Gasteiger partial charge in [0.25, 0.3) is 0 Å². The molecular weight excluding hydrogens is 450 g/mol. The van der Waals surface area contributed by atoms with Crippen molar-refractivity contribution in [1.29, 1.82) is 0 Å². The number of carbonyl (C=O) groups excluding carboxylic acids is 5. The van der Waals surface area contributed by atoms with Gasteiger partial charge in [-0.1, -0.05) is 59.8 Å². The molecule has 4 atom stereocenters. The first kappa shape index (κ1) is 29.9. The maximum Gasteiger partial charge on any atom is 0.316 e. The third-order valence-electron chi connectivity index (χ3n) is 5.63. The van der Waals surface area contributed by atoms with Crippen molar-refractivity contribution in [1.82, 2.24) is 26.6 Å². The Labute approximate surface area is 208 Å². The highest BCUT2D eigenvalue weighted by atomic mass is 16.2. The van der Waals surface area contributed by atoms with Crippen molar-refractivity contribution in [2.75, 3.05) is 6.54 Å². The van der Waals surface area contributed by atoms with Gasteiger partial charge in [0.1, 0.15) is 12.1 Å².